The normalized spacial score (nSPS) is 27.9. The van der Waals surface area contributed by atoms with Gasteiger partial charge in [0.25, 0.3) is 0 Å². The van der Waals surface area contributed by atoms with Gasteiger partial charge in [-0.15, -0.1) is 0 Å². The molecular formula is C19H28FNO. The monoisotopic (exact) mass is 305 g/mol. The van der Waals surface area contributed by atoms with Crippen LogP contribution in [0.25, 0.3) is 0 Å². The fourth-order valence-corrected chi connectivity index (χ4v) is 4.23. The Morgan fingerprint density at radius 3 is 2.73 bits per heavy atom. The van der Waals surface area contributed by atoms with Gasteiger partial charge in [0, 0.05) is 19.7 Å². The van der Waals surface area contributed by atoms with Crippen LogP contribution in [0.2, 0.25) is 0 Å². The summed E-state index contributed by atoms with van der Waals surface area (Å²) in [6.45, 7) is 2.21. The molecule has 2 fully saturated rings. The fraction of sp³-hybridized carbons (Fsp3) is 0.684. The molecule has 2 nitrogen and oxygen atoms in total. The van der Waals surface area contributed by atoms with E-state index < -0.39 is 0 Å². The summed E-state index contributed by atoms with van der Waals surface area (Å²) in [4.78, 5) is 2.65. The molecule has 0 spiro atoms. The molecule has 1 saturated carbocycles. The number of hydrogen-bond acceptors (Lipinski definition) is 2. The Balaban J connectivity index is 1.60. The molecule has 0 aromatic heterocycles. The van der Waals surface area contributed by atoms with Crippen molar-refractivity contribution in [3.05, 3.63) is 35.6 Å². The maximum atomic E-state index is 13.4. The van der Waals surface area contributed by atoms with E-state index >= 15 is 0 Å². The second kappa shape index (κ2) is 7.56. The minimum Gasteiger partial charge on any atom is -0.380 e. The van der Waals surface area contributed by atoms with Crippen molar-refractivity contribution >= 4 is 0 Å². The topological polar surface area (TPSA) is 12.5 Å². The minimum absolute atomic E-state index is 0.133. The number of rotatable bonds is 4. The third-order valence-electron chi connectivity index (χ3n) is 5.51. The van der Waals surface area contributed by atoms with Crippen LogP contribution in [0.1, 0.15) is 44.1 Å². The molecule has 2 atom stereocenters. The standard InChI is InChI=1S/C19H28FNO/c1-22-19-14-21(18-8-3-2-4-9-18)11-10-16(19)12-15-6-5-7-17(20)13-15/h5-7,13,16,18-19H,2-4,8-12,14H2,1H3/t16-,19-/m1/s1. The Kier molecular flexibility index (Phi) is 5.48. The van der Waals surface area contributed by atoms with E-state index in [0.717, 1.165) is 31.0 Å². The Morgan fingerprint density at radius 1 is 1.18 bits per heavy atom. The average Bonchev–Trinajstić information content (AvgIpc) is 2.56. The summed E-state index contributed by atoms with van der Waals surface area (Å²) in [6, 6.07) is 7.79. The van der Waals surface area contributed by atoms with Gasteiger partial charge < -0.3 is 4.74 Å². The minimum atomic E-state index is -0.133. The van der Waals surface area contributed by atoms with Crippen LogP contribution in [0.15, 0.2) is 24.3 Å². The maximum Gasteiger partial charge on any atom is 0.123 e. The van der Waals surface area contributed by atoms with Crippen molar-refractivity contribution < 1.29 is 9.13 Å². The van der Waals surface area contributed by atoms with E-state index in [9.17, 15) is 4.39 Å². The predicted octanol–water partition coefficient (Wildman–Crippen LogP) is 4.04. The molecule has 0 N–H and O–H groups in total. The van der Waals surface area contributed by atoms with Gasteiger partial charge in [-0.25, -0.2) is 4.39 Å². The van der Waals surface area contributed by atoms with Crippen LogP contribution in [0, 0.1) is 11.7 Å². The van der Waals surface area contributed by atoms with E-state index in [1.165, 1.54) is 44.7 Å². The first-order valence-electron chi connectivity index (χ1n) is 8.77. The van der Waals surface area contributed by atoms with Gasteiger partial charge in [0.1, 0.15) is 5.82 Å². The van der Waals surface area contributed by atoms with Crippen LogP contribution in [-0.4, -0.2) is 37.2 Å². The Hall–Kier alpha value is -0.930. The maximum absolute atomic E-state index is 13.4. The van der Waals surface area contributed by atoms with Gasteiger partial charge in [0.15, 0.2) is 0 Å². The highest BCUT2D eigenvalue weighted by atomic mass is 19.1. The van der Waals surface area contributed by atoms with Crippen molar-refractivity contribution in [2.24, 2.45) is 5.92 Å². The first-order chi connectivity index (χ1) is 10.8. The number of hydrogen-bond donors (Lipinski definition) is 0. The number of halogens is 1. The average molecular weight is 305 g/mol. The van der Waals surface area contributed by atoms with Crippen LogP contribution >= 0.6 is 0 Å². The molecule has 3 heteroatoms. The number of likely N-dealkylation sites (tertiary alicyclic amines) is 1. The van der Waals surface area contributed by atoms with E-state index in [-0.39, 0.29) is 11.9 Å². The lowest BCUT2D eigenvalue weighted by molar-refractivity contribution is -0.0295. The van der Waals surface area contributed by atoms with E-state index in [1.54, 1.807) is 6.07 Å². The predicted molar refractivity (Wildman–Crippen MR) is 87.5 cm³/mol. The van der Waals surface area contributed by atoms with Crippen LogP contribution in [0.3, 0.4) is 0 Å². The molecule has 1 aromatic rings. The van der Waals surface area contributed by atoms with Crippen molar-refractivity contribution in [3.8, 4) is 0 Å². The highest BCUT2D eigenvalue weighted by Gasteiger charge is 2.33. The molecule has 1 aromatic carbocycles. The Morgan fingerprint density at radius 2 is 2.00 bits per heavy atom. The van der Waals surface area contributed by atoms with Crippen LogP contribution < -0.4 is 0 Å². The van der Waals surface area contributed by atoms with E-state index in [0.29, 0.717) is 5.92 Å². The lowest BCUT2D eigenvalue weighted by Gasteiger charge is -2.43. The van der Waals surface area contributed by atoms with Gasteiger partial charge in [0.2, 0.25) is 0 Å². The summed E-state index contributed by atoms with van der Waals surface area (Å²) in [5.74, 6) is 0.373. The first kappa shape index (κ1) is 15.9. The quantitative estimate of drug-likeness (QED) is 0.832. The molecule has 0 amide bonds. The van der Waals surface area contributed by atoms with Gasteiger partial charge in [-0.05, 0) is 55.8 Å². The van der Waals surface area contributed by atoms with Gasteiger partial charge in [-0.2, -0.15) is 0 Å². The molecule has 0 bridgehead atoms. The smallest absolute Gasteiger partial charge is 0.123 e. The third kappa shape index (κ3) is 3.88. The molecule has 2 aliphatic rings. The number of piperidine rings is 1. The highest BCUT2D eigenvalue weighted by Crippen LogP contribution is 2.30. The zero-order valence-corrected chi connectivity index (χ0v) is 13.6. The van der Waals surface area contributed by atoms with Gasteiger partial charge in [-0.1, -0.05) is 31.4 Å². The third-order valence-corrected chi connectivity index (χ3v) is 5.51. The second-order valence-electron chi connectivity index (χ2n) is 6.94. The Bertz CT molecular complexity index is 472. The number of nitrogens with zero attached hydrogens (tertiary/aromatic N) is 1. The lowest BCUT2D eigenvalue weighted by atomic mass is 9.85. The Labute approximate surface area is 133 Å². The van der Waals surface area contributed by atoms with E-state index in [4.69, 9.17) is 4.74 Å². The number of ether oxygens (including phenoxy) is 1. The molecule has 0 radical (unpaired) electrons. The second-order valence-corrected chi connectivity index (χ2v) is 6.94. The van der Waals surface area contributed by atoms with Gasteiger partial charge >= 0.3 is 0 Å². The molecule has 1 aliphatic carbocycles. The summed E-state index contributed by atoms with van der Waals surface area (Å²) < 4.78 is 19.2. The first-order valence-corrected chi connectivity index (χ1v) is 8.77. The van der Waals surface area contributed by atoms with Crippen molar-refractivity contribution in [3.63, 3.8) is 0 Å². The van der Waals surface area contributed by atoms with E-state index in [2.05, 4.69) is 4.90 Å². The van der Waals surface area contributed by atoms with Crippen molar-refractivity contribution in [2.75, 3.05) is 20.2 Å². The number of benzene rings is 1. The molecule has 1 heterocycles. The number of methoxy groups -OCH3 is 1. The van der Waals surface area contributed by atoms with Crippen molar-refractivity contribution in [1.29, 1.82) is 0 Å². The zero-order valence-electron chi connectivity index (χ0n) is 13.6. The molecule has 122 valence electrons. The van der Waals surface area contributed by atoms with Crippen molar-refractivity contribution in [1.82, 2.24) is 4.90 Å². The SMILES string of the molecule is CO[C@@H]1CN(C2CCCCC2)CC[C@@H]1Cc1cccc(F)c1. The fourth-order valence-electron chi connectivity index (χ4n) is 4.23. The molecule has 0 unspecified atom stereocenters. The van der Waals surface area contributed by atoms with Gasteiger partial charge in [0.05, 0.1) is 6.10 Å². The summed E-state index contributed by atoms with van der Waals surface area (Å²) in [5.41, 5.74) is 1.10. The molecule has 1 aliphatic heterocycles. The summed E-state index contributed by atoms with van der Waals surface area (Å²) in [7, 11) is 1.83. The molecular weight excluding hydrogens is 277 g/mol. The zero-order chi connectivity index (χ0) is 15.4. The summed E-state index contributed by atoms with van der Waals surface area (Å²) in [5, 5.41) is 0. The molecule has 22 heavy (non-hydrogen) atoms. The lowest BCUT2D eigenvalue weighted by Crippen LogP contribution is -2.50. The van der Waals surface area contributed by atoms with Crippen LogP contribution in [0.4, 0.5) is 4.39 Å². The van der Waals surface area contributed by atoms with Crippen molar-refractivity contribution in [2.45, 2.75) is 57.1 Å². The van der Waals surface area contributed by atoms with Crippen LogP contribution in [0.5, 0.6) is 0 Å². The largest absolute Gasteiger partial charge is 0.380 e. The highest BCUT2D eigenvalue weighted by molar-refractivity contribution is 5.17. The van der Waals surface area contributed by atoms with E-state index in [1.807, 2.05) is 19.2 Å². The van der Waals surface area contributed by atoms with Crippen LogP contribution in [-0.2, 0) is 11.2 Å². The molecule has 1 saturated heterocycles. The van der Waals surface area contributed by atoms with Gasteiger partial charge in [-0.3, -0.25) is 4.90 Å². The summed E-state index contributed by atoms with van der Waals surface area (Å²) >= 11 is 0. The summed E-state index contributed by atoms with van der Waals surface area (Å²) in [6.07, 6.45) is 9.23. The molecule has 3 rings (SSSR count).